The molecule has 2 aromatic rings. The minimum atomic E-state index is -2.49. The van der Waals surface area contributed by atoms with E-state index in [1.807, 2.05) is 58.0 Å². The predicted octanol–water partition coefficient (Wildman–Crippen LogP) is 5.30. The quantitative estimate of drug-likeness (QED) is 0.469. The fourth-order valence-corrected chi connectivity index (χ4v) is 7.61. The molecule has 0 bridgehead atoms. The molecule has 2 saturated carbocycles. The highest BCUT2D eigenvalue weighted by Crippen LogP contribution is 2.68. The Morgan fingerprint density at radius 3 is 2.26 bits per heavy atom. The first kappa shape index (κ1) is 26.1. The van der Waals surface area contributed by atoms with E-state index in [0.29, 0.717) is 11.1 Å². The summed E-state index contributed by atoms with van der Waals surface area (Å²) in [6, 6.07) is 12.8. The van der Waals surface area contributed by atoms with Crippen molar-refractivity contribution in [2.75, 3.05) is 0 Å². The van der Waals surface area contributed by atoms with Crippen LogP contribution in [0.5, 0.6) is 5.75 Å². The molecule has 6 unspecified atom stereocenters. The Labute approximate surface area is 222 Å². The largest absolute Gasteiger partial charge is 0.507 e. The van der Waals surface area contributed by atoms with Crippen molar-refractivity contribution in [3.63, 3.8) is 0 Å². The molecule has 198 valence electrons. The molecule has 6 nitrogen and oxygen atoms in total. The van der Waals surface area contributed by atoms with Gasteiger partial charge in [0.2, 0.25) is 5.78 Å². The summed E-state index contributed by atoms with van der Waals surface area (Å²) in [6.45, 7) is 10.6. The van der Waals surface area contributed by atoms with Crippen LogP contribution in [0.3, 0.4) is 0 Å². The SMILES string of the molecule is CC(=O)C1C(=O)C2(O)C(=O)C3=C(O)c4c(O)cccc4/C(=C\c4ccc(C)cc4)C3(C)C(C)C2(C)CC1C. The maximum absolute atomic E-state index is 14.4. The number of aryl methyl sites for hydroxylation is 1. The van der Waals surface area contributed by atoms with Gasteiger partial charge in [0.15, 0.2) is 11.4 Å². The molecule has 5 rings (SSSR count). The average molecular weight is 515 g/mol. The van der Waals surface area contributed by atoms with Crippen molar-refractivity contribution in [3.05, 3.63) is 70.3 Å². The topological polar surface area (TPSA) is 112 Å². The van der Waals surface area contributed by atoms with Gasteiger partial charge in [-0.3, -0.25) is 14.4 Å². The van der Waals surface area contributed by atoms with Gasteiger partial charge >= 0.3 is 0 Å². The second-order valence-electron chi connectivity index (χ2n) is 11.9. The van der Waals surface area contributed by atoms with Crippen molar-refractivity contribution in [1.29, 1.82) is 0 Å². The van der Waals surface area contributed by atoms with Crippen LogP contribution in [-0.2, 0) is 14.4 Å². The van der Waals surface area contributed by atoms with E-state index in [-0.39, 0.29) is 29.2 Å². The number of hydrogen-bond acceptors (Lipinski definition) is 6. The second kappa shape index (κ2) is 8.24. The number of carbonyl (C=O) groups is 3. The number of aromatic hydroxyl groups is 1. The summed E-state index contributed by atoms with van der Waals surface area (Å²) in [5.74, 6) is -4.74. The van der Waals surface area contributed by atoms with Crippen LogP contribution >= 0.6 is 0 Å². The Balaban J connectivity index is 1.86. The van der Waals surface area contributed by atoms with Crippen molar-refractivity contribution in [2.24, 2.45) is 28.6 Å². The van der Waals surface area contributed by atoms with Crippen molar-refractivity contribution < 1.29 is 29.7 Å². The van der Waals surface area contributed by atoms with Gasteiger partial charge in [-0.15, -0.1) is 0 Å². The molecule has 6 heteroatoms. The molecule has 0 spiro atoms. The van der Waals surface area contributed by atoms with E-state index < -0.39 is 51.4 Å². The zero-order valence-electron chi connectivity index (χ0n) is 22.6. The molecule has 3 aliphatic carbocycles. The lowest BCUT2D eigenvalue weighted by Gasteiger charge is -2.62. The molecule has 3 aliphatic rings. The number of phenols is 1. The van der Waals surface area contributed by atoms with Gasteiger partial charge in [0, 0.05) is 10.8 Å². The average Bonchev–Trinajstić information content (AvgIpc) is 2.84. The highest BCUT2D eigenvalue weighted by Gasteiger charge is 2.74. The van der Waals surface area contributed by atoms with E-state index >= 15 is 0 Å². The Bertz CT molecular complexity index is 1460. The number of phenolic OH excluding ortho intramolecular Hbond substituents is 1. The van der Waals surface area contributed by atoms with Gasteiger partial charge in [0.05, 0.1) is 17.1 Å². The van der Waals surface area contributed by atoms with E-state index in [9.17, 15) is 29.7 Å². The van der Waals surface area contributed by atoms with Crippen molar-refractivity contribution >= 4 is 34.8 Å². The normalized spacial score (nSPS) is 35.6. The van der Waals surface area contributed by atoms with E-state index in [1.54, 1.807) is 19.1 Å². The molecule has 0 aliphatic heterocycles. The Morgan fingerprint density at radius 1 is 1.03 bits per heavy atom. The summed E-state index contributed by atoms with van der Waals surface area (Å²) >= 11 is 0. The van der Waals surface area contributed by atoms with Gasteiger partial charge < -0.3 is 15.3 Å². The Morgan fingerprint density at radius 2 is 1.66 bits per heavy atom. The first-order chi connectivity index (χ1) is 17.7. The minimum absolute atomic E-state index is 0.0887. The first-order valence-electron chi connectivity index (χ1n) is 13.1. The molecule has 3 N–H and O–H groups in total. The van der Waals surface area contributed by atoms with Gasteiger partial charge in [-0.05, 0) is 54.9 Å². The third kappa shape index (κ3) is 3.07. The van der Waals surface area contributed by atoms with Crippen molar-refractivity contribution in [1.82, 2.24) is 0 Å². The summed E-state index contributed by atoms with van der Waals surface area (Å²) in [6.07, 6.45) is 2.23. The van der Waals surface area contributed by atoms with E-state index in [2.05, 4.69) is 0 Å². The van der Waals surface area contributed by atoms with Gasteiger partial charge in [-0.25, -0.2) is 0 Å². The smallest absolute Gasteiger partial charge is 0.203 e. The van der Waals surface area contributed by atoms with Gasteiger partial charge in [0.1, 0.15) is 17.3 Å². The lowest BCUT2D eigenvalue weighted by atomic mass is 9.40. The lowest BCUT2D eigenvalue weighted by Crippen LogP contribution is -2.73. The molecular formula is C32H34O6. The molecule has 0 amide bonds. The molecule has 0 aromatic heterocycles. The van der Waals surface area contributed by atoms with E-state index in [4.69, 9.17) is 0 Å². The molecule has 0 heterocycles. The standard InChI is InChI=1S/C32H34O6/c1-16-10-12-20(13-11-16)14-22-21-8-7-9-23(34)25(21)27(35)26-29(37)32(38)28(36)24(18(3)33)17(2)15-30(32,5)19(4)31(22,26)6/h7-14,17,19,24,34-35,38H,15H2,1-6H3/b22-14+. The number of aliphatic hydroxyl groups excluding tert-OH is 1. The Kier molecular flexibility index (Phi) is 5.66. The number of hydrogen-bond donors (Lipinski definition) is 3. The van der Waals surface area contributed by atoms with Crippen LogP contribution in [0.2, 0.25) is 0 Å². The van der Waals surface area contributed by atoms with Gasteiger partial charge in [0.25, 0.3) is 0 Å². The maximum atomic E-state index is 14.4. The van der Waals surface area contributed by atoms with Gasteiger partial charge in [-0.1, -0.05) is 75.7 Å². The highest BCUT2D eigenvalue weighted by molar-refractivity contribution is 6.27. The number of ketones is 3. The minimum Gasteiger partial charge on any atom is -0.507 e. The fourth-order valence-electron chi connectivity index (χ4n) is 7.61. The second-order valence-corrected chi connectivity index (χ2v) is 11.9. The fraction of sp³-hybridized carbons (Fsp3) is 0.406. The van der Waals surface area contributed by atoms with Gasteiger partial charge in [-0.2, -0.15) is 0 Å². The van der Waals surface area contributed by atoms with Crippen LogP contribution in [0.25, 0.3) is 17.4 Å². The number of rotatable bonds is 2. The maximum Gasteiger partial charge on any atom is 0.203 e. The van der Waals surface area contributed by atoms with Crippen LogP contribution in [0.1, 0.15) is 63.3 Å². The molecule has 2 aromatic carbocycles. The van der Waals surface area contributed by atoms with Crippen LogP contribution in [0.4, 0.5) is 0 Å². The monoisotopic (exact) mass is 514 g/mol. The Hall–Kier alpha value is -3.51. The summed E-state index contributed by atoms with van der Waals surface area (Å²) in [5.41, 5.74) is -1.59. The number of benzene rings is 2. The van der Waals surface area contributed by atoms with Crippen LogP contribution in [0.15, 0.2) is 48.0 Å². The zero-order valence-corrected chi connectivity index (χ0v) is 22.6. The van der Waals surface area contributed by atoms with E-state index in [1.165, 1.54) is 13.0 Å². The highest BCUT2D eigenvalue weighted by atomic mass is 16.3. The zero-order chi connectivity index (χ0) is 27.9. The van der Waals surface area contributed by atoms with Crippen molar-refractivity contribution in [3.8, 4) is 5.75 Å². The molecule has 38 heavy (non-hydrogen) atoms. The molecule has 0 saturated heterocycles. The third-order valence-electron chi connectivity index (χ3n) is 9.87. The summed E-state index contributed by atoms with van der Waals surface area (Å²) < 4.78 is 0. The summed E-state index contributed by atoms with van der Waals surface area (Å²) in [7, 11) is 0. The lowest BCUT2D eigenvalue weighted by molar-refractivity contribution is -0.194. The number of allylic oxidation sites excluding steroid dienone is 1. The molecular weight excluding hydrogens is 480 g/mol. The number of aliphatic hydroxyl groups is 2. The summed E-state index contributed by atoms with van der Waals surface area (Å²) in [5, 5.41) is 34.5. The molecule has 0 radical (unpaired) electrons. The van der Waals surface area contributed by atoms with Crippen LogP contribution < -0.4 is 0 Å². The number of fused-ring (bicyclic) bond motifs is 3. The molecule has 6 atom stereocenters. The van der Waals surface area contributed by atoms with Crippen LogP contribution in [0, 0.1) is 35.5 Å². The van der Waals surface area contributed by atoms with Crippen molar-refractivity contribution in [2.45, 2.75) is 53.6 Å². The molecule has 2 fully saturated rings. The predicted molar refractivity (Wildman–Crippen MR) is 145 cm³/mol. The van der Waals surface area contributed by atoms with E-state index in [0.717, 1.165) is 11.1 Å². The first-order valence-corrected chi connectivity index (χ1v) is 13.1. The number of carbonyl (C=O) groups excluding carboxylic acids is 3. The number of Topliss-reactive ketones (excluding diaryl/α,β-unsaturated/α-hetero) is 3. The van der Waals surface area contributed by atoms with Crippen LogP contribution in [-0.4, -0.2) is 38.3 Å². The third-order valence-corrected chi connectivity index (χ3v) is 9.87. The summed E-state index contributed by atoms with van der Waals surface area (Å²) in [4.78, 5) is 40.7.